The fraction of sp³-hybridized carbons (Fsp3) is 0.182. The minimum Gasteiger partial charge on any atom is -0.465 e. The van der Waals surface area contributed by atoms with Crippen molar-refractivity contribution in [1.29, 1.82) is 0 Å². The maximum atomic E-state index is 11.2. The molecule has 0 saturated heterocycles. The molecule has 1 aromatic rings. The number of rotatable bonds is 1. The Hall–Kier alpha value is -1.54. The van der Waals surface area contributed by atoms with E-state index < -0.39 is 12.1 Å². The van der Waals surface area contributed by atoms with Crippen molar-refractivity contribution < 1.29 is 9.53 Å². The summed E-state index contributed by atoms with van der Waals surface area (Å²) in [6, 6.07) is 6.76. The van der Waals surface area contributed by atoms with Gasteiger partial charge in [-0.1, -0.05) is 17.9 Å². The molecule has 0 radical (unpaired) electrons. The highest BCUT2D eigenvalue weighted by Crippen LogP contribution is 2.05. The molecule has 16 heavy (non-hydrogen) atoms. The lowest BCUT2D eigenvalue weighted by Crippen LogP contribution is -2.28. The number of carbonyl (C=O) groups excluding carboxylic acids is 1. The summed E-state index contributed by atoms with van der Waals surface area (Å²) in [5.41, 5.74) is 11.7. The Balaban J connectivity index is 0.00000225. The van der Waals surface area contributed by atoms with Crippen molar-refractivity contribution in [3.63, 3.8) is 0 Å². The zero-order chi connectivity index (χ0) is 11.3. The molecule has 4 N–H and O–H groups in total. The molecule has 0 amide bonds. The quantitative estimate of drug-likeness (QED) is 0.426. The summed E-state index contributed by atoms with van der Waals surface area (Å²) in [5.74, 6) is 4.96. The van der Waals surface area contributed by atoms with Gasteiger partial charge in [0.05, 0.1) is 12.7 Å². The molecule has 0 aromatic heterocycles. The molecule has 0 spiro atoms. The Kier molecular flexibility index (Phi) is 6.19. The fourth-order valence-corrected chi connectivity index (χ4v) is 1.01. The first-order valence-electron chi connectivity index (χ1n) is 4.34. The number of hydrogen-bond donors (Lipinski definition) is 2. The third-order valence-electron chi connectivity index (χ3n) is 1.67. The van der Waals surface area contributed by atoms with Gasteiger partial charge < -0.3 is 16.2 Å². The van der Waals surface area contributed by atoms with Crippen LogP contribution in [-0.4, -0.2) is 19.2 Å². The Labute approximate surface area is 100 Å². The summed E-state index contributed by atoms with van der Waals surface area (Å²) in [6.45, 7) is 0. The minimum atomic E-state index is -0.674. The van der Waals surface area contributed by atoms with E-state index >= 15 is 0 Å². The molecule has 86 valence electrons. The number of ether oxygens (including phenoxy) is 1. The maximum absolute atomic E-state index is 11.2. The molecule has 0 aliphatic rings. The van der Waals surface area contributed by atoms with Gasteiger partial charge in [0.2, 0.25) is 0 Å². The average molecular weight is 241 g/mol. The van der Waals surface area contributed by atoms with E-state index in [1.54, 1.807) is 24.3 Å². The first kappa shape index (κ1) is 14.5. The maximum Gasteiger partial charge on any atom is 0.337 e. The van der Waals surface area contributed by atoms with Crippen LogP contribution in [0.5, 0.6) is 0 Å². The van der Waals surface area contributed by atoms with Crippen molar-refractivity contribution in [2.45, 2.75) is 6.17 Å². The van der Waals surface area contributed by atoms with Gasteiger partial charge in [0.1, 0.15) is 6.17 Å². The number of carbonyl (C=O) groups is 1. The van der Waals surface area contributed by atoms with Crippen LogP contribution in [0.1, 0.15) is 15.9 Å². The lowest BCUT2D eigenvalue weighted by molar-refractivity contribution is 0.0600. The van der Waals surface area contributed by atoms with Gasteiger partial charge in [0.15, 0.2) is 0 Å². The van der Waals surface area contributed by atoms with Gasteiger partial charge in [-0.05, 0) is 18.2 Å². The fourth-order valence-electron chi connectivity index (χ4n) is 1.01. The number of methoxy groups -OCH3 is 1. The molecule has 0 saturated carbocycles. The highest BCUT2D eigenvalue weighted by Gasteiger charge is 2.03. The molecule has 0 unspecified atom stereocenters. The molecule has 0 fully saturated rings. The standard InChI is InChI=1S/C11H12N2O2.ClH/c1-15-11(14)9-4-2-3-8(7-9)5-6-10(12)13;/h2-4,7,10H,12-13H2,1H3;1H. The van der Waals surface area contributed by atoms with Crippen molar-refractivity contribution in [2.75, 3.05) is 7.11 Å². The first-order valence-corrected chi connectivity index (χ1v) is 4.34. The summed E-state index contributed by atoms with van der Waals surface area (Å²) < 4.78 is 4.58. The molecule has 0 aliphatic carbocycles. The molecule has 4 nitrogen and oxygen atoms in total. The molecule has 0 heterocycles. The largest absolute Gasteiger partial charge is 0.465 e. The van der Waals surface area contributed by atoms with Gasteiger partial charge in [-0.2, -0.15) is 0 Å². The first-order chi connectivity index (χ1) is 7.13. The summed E-state index contributed by atoms with van der Waals surface area (Å²) >= 11 is 0. The molecular formula is C11H13ClN2O2. The summed E-state index contributed by atoms with van der Waals surface area (Å²) in [7, 11) is 1.33. The molecule has 1 aromatic carbocycles. The summed E-state index contributed by atoms with van der Waals surface area (Å²) in [4.78, 5) is 11.2. The summed E-state index contributed by atoms with van der Waals surface area (Å²) in [5, 5.41) is 0. The molecule has 5 heteroatoms. The second-order valence-electron chi connectivity index (χ2n) is 2.87. The van der Waals surface area contributed by atoms with Crippen molar-refractivity contribution in [3.05, 3.63) is 35.4 Å². The molecule has 0 bridgehead atoms. The number of nitrogens with two attached hydrogens (primary N) is 2. The lowest BCUT2D eigenvalue weighted by atomic mass is 10.1. The van der Waals surface area contributed by atoms with E-state index in [1.165, 1.54) is 7.11 Å². The molecule has 1 rings (SSSR count). The van der Waals surface area contributed by atoms with E-state index in [0.29, 0.717) is 11.1 Å². The van der Waals surface area contributed by atoms with E-state index in [2.05, 4.69) is 16.6 Å². The van der Waals surface area contributed by atoms with Gasteiger partial charge >= 0.3 is 5.97 Å². The van der Waals surface area contributed by atoms with Gasteiger partial charge in [-0.3, -0.25) is 0 Å². The number of hydrogen-bond acceptors (Lipinski definition) is 4. The van der Waals surface area contributed by atoms with Crippen LogP contribution in [0.15, 0.2) is 24.3 Å². The highest BCUT2D eigenvalue weighted by molar-refractivity contribution is 5.89. The zero-order valence-corrected chi connectivity index (χ0v) is 9.58. The average Bonchev–Trinajstić information content (AvgIpc) is 2.25. The van der Waals surface area contributed by atoms with E-state index in [1.807, 2.05) is 0 Å². The predicted molar refractivity (Wildman–Crippen MR) is 64.1 cm³/mol. The van der Waals surface area contributed by atoms with Crippen LogP contribution >= 0.6 is 12.4 Å². The van der Waals surface area contributed by atoms with Crippen LogP contribution in [-0.2, 0) is 4.74 Å². The van der Waals surface area contributed by atoms with E-state index in [9.17, 15) is 4.79 Å². The monoisotopic (exact) mass is 240 g/mol. The Bertz CT molecular complexity index is 421. The van der Waals surface area contributed by atoms with Crippen LogP contribution < -0.4 is 11.5 Å². The molecule has 0 atom stereocenters. The predicted octanol–water partition coefficient (Wildman–Crippen LogP) is 0.490. The van der Waals surface area contributed by atoms with Crippen LogP contribution in [0.25, 0.3) is 0 Å². The van der Waals surface area contributed by atoms with Crippen molar-refractivity contribution >= 4 is 18.4 Å². The Morgan fingerprint density at radius 2 is 2.12 bits per heavy atom. The van der Waals surface area contributed by atoms with E-state index in [-0.39, 0.29) is 12.4 Å². The lowest BCUT2D eigenvalue weighted by Gasteiger charge is -1.98. The van der Waals surface area contributed by atoms with Crippen LogP contribution in [0.4, 0.5) is 0 Å². The zero-order valence-electron chi connectivity index (χ0n) is 8.77. The van der Waals surface area contributed by atoms with Crippen LogP contribution in [0, 0.1) is 11.8 Å². The summed E-state index contributed by atoms with van der Waals surface area (Å²) in [6.07, 6.45) is -0.674. The van der Waals surface area contributed by atoms with Gasteiger partial charge in [0.25, 0.3) is 0 Å². The number of benzene rings is 1. The highest BCUT2D eigenvalue weighted by atomic mass is 35.5. The van der Waals surface area contributed by atoms with Gasteiger partial charge in [0, 0.05) is 5.56 Å². The van der Waals surface area contributed by atoms with Crippen molar-refractivity contribution in [3.8, 4) is 11.8 Å². The molecular weight excluding hydrogens is 228 g/mol. The SMILES string of the molecule is COC(=O)c1cccc(C#CC(N)N)c1.Cl. The van der Waals surface area contributed by atoms with Gasteiger partial charge in [-0.15, -0.1) is 12.4 Å². The molecule has 0 aliphatic heterocycles. The Morgan fingerprint density at radius 3 is 2.69 bits per heavy atom. The van der Waals surface area contributed by atoms with Crippen LogP contribution in [0.2, 0.25) is 0 Å². The minimum absolute atomic E-state index is 0. The second-order valence-corrected chi connectivity index (χ2v) is 2.87. The number of halogens is 1. The van der Waals surface area contributed by atoms with Gasteiger partial charge in [-0.25, -0.2) is 4.79 Å². The number of esters is 1. The second kappa shape index (κ2) is 6.85. The topological polar surface area (TPSA) is 78.3 Å². The third kappa shape index (κ3) is 4.32. The van der Waals surface area contributed by atoms with Crippen LogP contribution in [0.3, 0.4) is 0 Å². The van der Waals surface area contributed by atoms with E-state index in [0.717, 1.165) is 0 Å². The van der Waals surface area contributed by atoms with E-state index in [4.69, 9.17) is 11.5 Å². The normalized spacial score (nSPS) is 8.75. The Morgan fingerprint density at radius 1 is 1.44 bits per heavy atom. The van der Waals surface area contributed by atoms with Crippen molar-refractivity contribution in [1.82, 2.24) is 0 Å². The van der Waals surface area contributed by atoms with Crippen molar-refractivity contribution in [2.24, 2.45) is 11.5 Å². The smallest absolute Gasteiger partial charge is 0.337 e. The third-order valence-corrected chi connectivity index (χ3v) is 1.67.